The summed E-state index contributed by atoms with van der Waals surface area (Å²) in [7, 11) is -2.12. The molecule has 3 fully saturated rings. The molecule has 2 heterocycles. The van der Waals surface area contributed by atoms with Crippen molar-refractivity contribution in [1.82, 2.24) is 0 Å². The van der Waals surface area contributed by atoms with E-state index in [0.717, 1.165) is 19.3 Å². The highest BCUT2D eigenvalue weighted by Crippen LogP contribution is 2.51. The highest BCUT2D eigenvalue weighted by molar-refractivity contribution is 6.74. The van der Waals surface area contributed by atoms with Crippen LogP contribution in [-0.2, 0) is 23.4 Å². The van der Waals surface area contributed by atoms with Crippen molar-refractivity contribution >= 4 is 14.3 Å². The van der Waals surface area contributed by atoms with Gasteiger partial charge in [-0.15, -0.1) is 0 Å². The molecule has 5 atom stereocenters. The van der Waals surface area contributed by atoms with Crippen LogP contribution in [0.15, 0.2) is 0 Å². The molecule has 3 rings (SSSR count). The molecule has 0 amide bonds. The van der Waals surface area contributed by atoms with E-state index in [1.54, 1.807) is 0 Å². The van der Waals surface area contributed by atoms with E-state index < -0.39 is 44.3 Å². The second-order valence-corrected chi connectivity index (χ2v) is 14.3. The highest BCUT2D eigenvalue weighted by atomic mass is 28.4. The van der Waals surface area contributed by atoms with Crippen molar-refractivity contribution in [3.8, 4) is 0 Å². The molecule has 5 nitrogen and oxygen atoms in total. The quantitative estimate of drug-likeness (QED) is 0.508. The first-order valence-corrected chi connectivity index (χ1v) is 12.8. The molecule has 156 valence electrons. The number of halogens is 2. The molecular weight excluding hydrogens is 374 g/mol. The first-order chi connectivity index (χ1) is 12.4. The van der Waals surface area contributed by atoms with E-state index >= 15 is 0 Å². The number of carbonyl (C=O) groups excluding carboxylic acids is 1. The second-order valence-electron chi connectivity index (χ2n) is 9.53. The van der Waals surface area contributed by atoms with E-state index in [4.69, 9.17) is 18.6 Å². The zero-order valence-corrected chi connectivity index (χ0v) is 17.9. The molecule has 0 bridgehead atoms. The monoisotopic (exact) mass is 406 g/mol. The summed E-state index contributed by atoms with van der Waals surface area (Å²) in [6.07, 6.45) is 1.39. The van der Waals surface area contributed by atoms with Crippen LogP contribution in [0.4, 0.5) is 8.78 Å². The summed E-state index contributed by atoms with van der Waals surface area (Å²) < 4.78 is 52.0. The van der Waals surface area contributed by atoms with Gasteiger partial charge in [0.25, 0.3) is 0 Å². The molecular formula is C19H32F2O5Si. The Kier molecular flexibility index (Phi) is 5.76. The predicted octanol–water partition coefficient (Wildman–Crippen LogP) is 4.12. The zero-order chi connectivity index (χ0) is 20.0. The number of ether oxygens (including phenoxy) is 3. The van der Waals surface area contributed by atoms with Crippen LogP contribution < -0.4 is 0 Å². The maximum atomic E-state index is 14.5. The van der Waals surface area contributed by atoms with Crippen LogP contribution in [0, 0.1) is 11.8 Å². The Balaban J connectivity index is 1.76. The van der Waals surface area contributed by atoms with E-state index in [0.29, 0.717) is 6.61 Å². The molecule has 0 N–H and O–H groups in total. The van der Waals surface area contributed by atoms with Crippen molar-refractivity contribution in [3.05, 3.63) is 0 Å². The Bertz CT molecular complexity index is 557. The molecule has 1 unspecified atom stereocenters. The number of fused-ring (bicyclic) bond motifs is 1. The summed E-state index contributed by atoms with van der Waals surface area (Å²) in [5.41, 5.74) is 0. The molecule has 0 aromatic rings. The first-order valence-electron chi connectivity index (χ1n) is 9.93. The average Bonchev–Trinajstić information content (AvgIpc) is 3.00. The fourth-order valence-corrected chi connectivity index (χ4v) is 4.98. The summed E-state index contributed by atoms with van der Waals surface area (Å²) in [6.45, 7) is 11.3. The van der Waals surface area contributed by atoms with Gasteiger partial charge in [0.2, 0.25) is 0 Å². The lowest BCUT2D eigenvalue weighted by Crippen LogP contribution is -2.46. The third-order valence-corrected chi connectivity index (χ3v) is 11.2. The minimum absolute atomic E-state index is 0.0294. The third-order valence-electron chi connectivity index (χ3n) is 6.66. The molecule has 0 radical (unpaired) electrons. The topological polar surface area (TPSA) is 54.0 Å². The number of alkyl halides is 2. The predicted molar refractivity (Wildman–Crippen MR) is 98.0 cm³/mol. The summed E-state index contributed by atoms with van der Waals surface area (Å²) in [5, 5.41) is -0.0294. The second kappa shape index (κ2) is 7.35. The van der Waals surface area contributed by atoms with E-state index in [-0.39, 0.29) is 24.4 Å². The van der Waals surface area contributed by atoms with Crippen LogP contribution in [0.1, 0.15) is 46.5 Å². The van der Waals surface area contributed by atoms with Gasteiger partial charge >= 0.3 is 11.9 Å². The molecule has 0 aromatic heterocycles. The van der Waals surface area contributed by atoms with E-state index in [2.05, 4.69) is 33.9 Å². The lowest BCUT2D eigenvalue weighted by Gasteiger charge is -2.38. The van der Waals surface area contributed by atoms with Gasteiger partial charge in [-0.25, -0.2) is 4.79 Å². The van der Waals surface area contributed by atoms with Gasteiger partial charge in [0, 0.05) is 25.6 Å². The summed E-state index contributed by atoms with van der Waals surface area (Å²) in [6, 6.07) is 0. The molecule has 1 aliphatic carbocycles. The van der Waals surface area contributed by atoms with Crippen molar-refractivity contribution in [2.24, 2.45) is 11.8 Å². The van der Waals surface area contributed by atoms with Gasteiger partial charge < -0.3 is 18.6 Å². The van der Waals surface area contributed by atoms with Crippen molar-refractivity contribution in [1.29, 1.82) is 0 Å². The average molecular weight is 407 g/mol. The molecule has 0 spiro atoms. The van der Waals surface area contributed by atoms with Gasteiger partial charge in [0.15, 0.2) is 14.6 Å². The number of hydrogen-bond acceptors (Lipinski definition) is 5. The van der Waals surface area contributed by atoms with E-state index in [1.807, 2.05) is 0 Å². The number of carbonyl (C=O) groups is 1. The fourth-order valence-electron chi connectivity index (χ4n) is 3.94. The van der Waals surface area contributed by atoms with Crippen molar-refractivity contribution in [2.45, 2.75) is 89.0 Å². The van der Waals surface area contributed by atoms with Crippen molar-refractivity contribution in [2.75, 3.05) is 13.2 Å². The van der Waals surface area contributed by atoms with Gasteiger partial charge in [-0.3, -0.25) is 0 Å². The zero-order valence-electron chi connectivity index (χ0n) is 16.9. The van der Waals surface area contributed by atoms with E-state index in [1.165, 1.54) is 0 Å². The molecule has 3 aliphatic rings. The van der Waals surface area contributed by atoms with Crippen LogP contribution in [-0.4, -0.2) is 51.9 Å². The molecule has 27 heavy (non-hydrogen) atoms. The Morgan fingerprint density at radius 2 is 1.96 bits per heavy atom. The van der Waals surface area contributed by atoms with E-state index in [9.17, 15) is 13.6 Å². The number of hydrogen-bond donors (Lipinski definition) is 0. The van der Waals surface area contributed by atoms with Crippen LogP contribution in [0.25, 0.3) is 0 Å². The molecule has 2 aliphatic heterocycles. The van der Waals surface area contributed by atoms with Crippen LogP contribution >= 0.6 is 0 Å². The van der Waals surface area contributed by atoms with Crippen LogP contribution in [0.2, 0.25) is 18.1 Å². The highest BCUT2D eigenvalue weighted by Gasteiger charge is 2.67. The Morgan fingerprint density at radius 3 is 2.56 bits per heavy atom. The Labute approximate surface area is 161 Å². The molecule has 1 saturated carbocycles. The molecule has 8 heteroatoms. The summed E-state index contributed by atoms with van der Waals surface area (Å²) in [5.74, 6) is -6.68. The lowest BCUT2D eigenvalue weighted by atomic mass is 9.90. The first kappa shape index (κ1) is 21.1. The number of rotatable bonds is 5. The molecule has 2 saturated heterocycles. The SMILES string of the molecule is CC(C)(C)[Si](C)(C)OC[C@H]1[C@@H]2[C@H](C[C@H]1OC1CCCCO1)OC(=O)C2(F)F. The van der Waals surface area contributed by atoms with Gasteiger partial charge in [-0.2, -0.15) is 8.78 Å². The maximum Gasteiger partial charge on any atom is 0.377 e. The standard InChI is InChI=1S/C19H32F2O5Si/c1-18(2,3)27(4,5)24-11-12-13(25-15-8-6-7-9-23-15)10-14-16(12)19(20,21)17(22)26-14/h12-16H,6-11H2,1-5H3/t12-,13-,14+,15?,16-/m1/s1. The minimum Gasteiger partial charge on any atom is -0.457 e. The maximum absolute atomic E-state index is 14.5. The Hall–Kier alpha value is -0.573. The fraction of sp³-hybridized carbons (Fsp3) is 0.947. The van der Waals surface area contributed by atoms with Gasteiger partial charge in [0.05, 0.1) is 12.0 Å². The minimum atomic E-state index is -3.49. The Morgan fingerprint density at radius 1 is 1.26 bits per heavy atom. The smallest absolute Gasteiger partial charge is 0.377 e. The van der Waals surface area contributed by atoms with Crippen molar-refractivity contribution in [3.63, 3.8) is 0 Å². The normalized spacial score (nSPS) is 36.6. The van der Waals surface area contributed by atoms with Crippen molar-refractivity contribution < 1.29 is 32.2 Å². The summed E-state index contributed by atoms with van der Waals surface area (Å²) in [4.78, 5) is 11.6. The van der Waals surface area contributed by atoms with Gasteiger partial charge in [0.1, 0.15) is 6.10 Å². The summed E-state index contributed by atoms with van der Waals surface area (Å²) >= 11 is 0. The molecule has 0 aromatic carbocycles. The van der Waals surface area contributed by atoms with Crippen LogP contribution in [0.3, 0.4) is 0 Å². The van der Waals surface area contributed by atoms with Gasteiger partial charge in [-0.05, 0) is 37.4 Å². The van der Waals surface area contributed by atoms with Gasteiger partial charge in [-0.1, -0.05) is 20.8 Å². The number of esters is 1. The largest absolute Gasteiger partial charge is 0.457 e. The van der Waals surface area contributed by atoms with Crippen LogP contribution in [0.5, 0.6) is 0 Å². The lowest BCUT2D eigenvalue weighted by molar-refractivity contribution is -0.204. The third kappa shape index (κ3) is 4.09.